The van der Waals surface area contributed by atoms with Crippen LogP contribution in [0.25, 0.3) is 0 Å². The van der Waals surface area contributed by atoms with E-state index in [4.69, 9.17) is 11.6 Å². The summed E-state index contributed by atoms with van der Waals surface area (Å²) in [6.45, 7) is 4.09. The van der Waals surface area contributed by atoms with Crippen LogP contribution >= 0.6 is 11.6 Å². The quantitative estimate of drug-likeness (QED) is 0.568. The third-order valence-electron chi connectivity index (χ3n) is 5.58. The van der Waals surface area contributed by atoms with Crippen LogP contribution in [-0.2, 0) is 37.5 Å². The molecule has 2 aromatic carbocycles. The van der Waals surface area contributed by atoms with Crippen molar-refractivity contribution in [2.24, 2.45) is 0 Å². The second-order valence-corrected chi connectivity index (χ2v) is 12.1. The van der Waals surface area contributed by atoms with Gasteiger partial charge in [0.25, 0.3) is 0 Å². The van der Waals surface area contributed by atoms with Gasteiger partial charge in [0, 0.05) is 19.5 Å². The lowest BCUT2D eigenvalue weighted by atomic mass is 10.1. The van der Waals surface area contributed by atoms with E-state index in [-0.39, 0.29) is 32.7 Å². The van der Waals surface area contributed by atoms with Gasteiger partial charge in [0.1, 0.15) is 0 Å². The van der Waals surface area contributed by atoms with Crippen LogP contribution in [0.15, 0.2) is 46.2 Å². The number of sulfone groups is 1. The molecule has 1 N–H and O–H groups in total. The zero-order valence-electron chi connectivity index (χ0n) is 18.1. The number of hydrogen-bond acceptors (Lipinski definition) is 5. The predicted molar refractivity (Wildman–Crippen MR) is 125 cm³/mol. The van der Waals surface area contributed by atoms with Gasteiger partial charge in [0.05, 0.1) is 26.3 Å². The molecule has 0 saturated carbocycles. The first-order valence-electron chi connectivity index (χ1n) is 10.5. The minimum atomic E-state index is -3.73. The number of carbonyl (C=O) groups excluding carboxylic acids is 1. The molecule has 174 valence electrons. The monoisotopic (exact) mass is 498 g/mol. The summed E-state index contributed by atoms with van der Waals surface area (Å²) in [5.41, 5.74) is 2.35. The normalized spacial score (nSPS) is 13.9. The van der Waals surface area contributed by atoms with Crippen LogP contribution in [0.4, 0.5) is 5.69 Å². The Hall–Kier alpha value is -1.94. The lowest BCUT2D eigenvalue weighted by Gasteiger charge is -2.19. The molecule has 32 heavy (non-hydrogen) atoms. The van der Waals surface area contributed by atoms with E-state index in [1.165, 1.54) is 28.1 Å². The molecule has 10 heteroatoms. The van der Waals surface area contributed by atoms with Gasteiger partial charge in [0.15, 0.2) is 9.84 Å². The molecule has 0 aromatic heterocycles. The zero-order valence-corrected chi connectivity index (χ0v) is 20.5. The molecule has 2 aromatic rings. The number of rotatable bonds is 9. The Morgan fingerprint density at radius 2 is 1.62 bits per heavy atom. The van der Waals surface area contributed by atoms with Crippen molar-refractivity contribution in [3.63, 3.8) is 0 Å². The molecule has 0 fully saturated rings. The molecular weight excluding hydrogens is 472 g/mol. The highest BCUT2D eigenvalue weighted by atomic mass is 35.5. The maximum absolute atomic E-state index is 12.7. The molecule has 0 aliphatic heterocycles. The second-order valence-electron chi connectivity index (χ2n) is 7.63. The molecular formula is C22H27ClN2O5S2. The topological polar surface area (TPSA) is 101 Å². The van der Waals surface area contributed by atoms with E-state index in [0.717, 1.165) is 24.8 Å². The summed E-state index contributed by atoms with van der Waals surface area (Å²) in [5, 5.41) is 2.71. The Morgan fingerprint density at radius 3 is 2.31 bits per heavy atom. The second kappa shape index (κ2) is 9.91. The van der Waals surface area contributed by atoms with Crippen molar-refractivity contribution in [2.75, 3.05) is 24.2 Å². The van der Waals surface area contributed by atoms with E-state index < -0.39 is 25.8 Å². The van der Waals surface area contributed by atoms with E-state index in [1.54, 1.807) is 26.0 Å². The number of carbonyl (C=O) groups is 1. The molecule has 1 aliphatic carbocycles. The summed E-state index contributed by atoms with van der Waals surface area (Å²) in [6.07, 6.45) is 2.57. The van der Waals surface area contributed by atoms with Crippen molar-refractivity contribution in [1.82, 2.24) is 4.31 Å². The first-order chi connectivity index (χ1) is 15.1. The average Bonchev–Trinajstić information content (AvgIpc) is 3.22. The lowest BCUT2D eigenvalue weighted by Crippen LogP contribution is -2.30. The van der Waals surface area contributed by atoms with Gasteiger partial charge in [0.2, 0.25) is 15.9 Å². The summed E-state index contributed by atoms with van der Waals surface area (Å²) in [5.74, 6) is -0.916. The number of hydrogen-bond donors (Lipinski definition) is 1. The lowest BCUT2D eigenvalue weighted by molar-refractivity contribution is -0.115. The average molecular weight is 499 g/mol. The summed E-state index contributed by atoms with van der Waals surface area (Å²) in [4.78, 5) is 12.7. The zero-order chi connectivity index (χ0) is 23.5. The molecule has 0 atom stereocenters. The molecule has 0 heterocycles. The number of fused-ring (bicyclic) bond motifs is 1. The number of amides is 1. The minimum absolute atomic E-state index is 0.00617. The number of halogens is 1. The molecule has 0 radical (unpaired) electrons. The third-order valence-corrected chi connectivity index (χ3v) is 9.67. The number of aryl methyl sites for hydroxylation is 2. The van der Waals surface area contributed by atoms with E-state index in [2.05, 4.69) is 5.32 Å². The highest BCUT2D eigenvalue weighted by Crippen LogP contribution is 2.28. The largest absolute Gasteiger partial charge is 0.325 e. The number of nitrogens with one attached hydrogen (secondary N) is 1. The molecule has 7 nitrogen and oxygen atoms in total. The number of anilines is 1. The van der Waals surface area contributed by atoms with Gasteiger partial charge in [-0.2, -0.15) is 4.31 Å². The Labute approximate surface area is 194 Å². The van der Waals surface area contributed by atoms with Crippen LogP contribution in [0.5, 0.6) is 0 Å². The van der Waals surface area contributed by atoms with Crippen LogP contribution in [0.1, 0.15) is 37.8 Å². The van der Waals surface area contributed by atoms with Crippen molar-refractivity contribution in [1.29, 1.82) is 0 Å². The van der Waals surface area contributed by atoms with Gasteiger partial charge in [-0.25, -0.2) is 16.8 Å². The molecule has 1 amide bonds. The van der Waals surface area contributed by atoms with Gasteiger partial charge < -0.3 is 5.32 Å². The minimum Gasteiger partial charge on any atom is -0.325 e. The molecule has 3 rings (SSSR count). The Balaban J connectivity index is 1.71. The fourth-order valence-electron chi connectivity index (χ4n) is 3.77. The van der Waals surface area contributed by atoms with Crippen molar-refractivity contribution >= 4 is 43.1 Å². The fraction of sp³-hybridized carbons (Fsp3) is 0.409. The van der Waals surface area contributed by atoms with Crippen LogP contribution in [0.2, 0.25) is 5.02 Å². The van der Waals surface area contributed by atoms with E-state index in [1.807, 2.05) is 6.07 Å². The highest BCUT2D eigenvalue weighted by Gasteiger charge is 2.24. The first kappa shape index (κ1) is 24.7. The van der Waals surface area contributed by atoms with E-state index >= 15 is 0 Å². The fourth-order valence-corrected chi connectivity index (χ4v) is 6.71. The molecule has 1 aliphatic rings. The summed E-state index contributed by atoms with van der Waals surface area (Å²) < 4.78 is 52.1. The first-order valence-corrected chi connectivity index (χ1v) is 14.0. The van der Waals surface area contributed by atoms with Crippen molar-refractivity contribution in [3.8, 4) is 0 Å². The van der Waals surface area contributed by atoms with Gasteiger partial charge in [-0.3, -0.25) is 4.79 Å². The molecule has 0 saturated heterocycles. The van der Waals surface area contributed by atoms with Crippen LogP contribution in [0, 0.1) is 0 Å². The predicted octanol–water partition coefficient (Wildman–Crippen LogP) is 3.66. The highest BCUT2D eigenvalue weighted by molar-refractivity contribution is 7.91. The number of benzene rings is 2. The maximum atomic E-state index is 12.7. The van der Waals surface area contributed by atoms with Crippen molar-refractivity contribution in [2.45, 2.75) is 49.3 Å². The maximum Gasteiger partial charge on any atom is 0.243 e. The summed E-state index contributed by atoms with van der Waals surface area (Å²) in [7, 11) is -7.35. The van der Waals surface area contributed by atoms with Crippen LogP contribution < -0.4 is 5.32 Å². The molecule has 0 bridgehead atoms. The summed E-state index contributed by atoms with van der Waals surface area (Å²) >= 11 is 6.14. The van der Waals surface area contributed by atoms with Crippen molar-refractivity contribution in [3.05, 3.63) is 52.5 Å². The van der Waals surface area contributed by atoms with E-state index in [9.17, 15) is 21.6 Å². The number of nitrogens with zero attached hydrogens (tertiary/aromatic N) is 1. The number of sulfonamides is 1. The molecule has 0 unspecified atom stereocenters. The van der Waals surface area contributed by atoms with Crippen LogP contribution in [-0.4, -0.2) is 45.9 Å². The smallest absolute Gasteiger partial charge is 0.243 e. The third kappa shape index (κ3) is 5.33. The van der Waals surface area contributed by atoms with Gasteiger partial charge in [-0.15, -0.1) is 0 Å². The Kier molecular flexibility index (Phi) is 7.65. The SMILES string of the molecule is CCN(CC)S(=O)(=O)c1ccc(Cl)c(NC(=O)CCS(=O)(=O)c2ccc3c(c2)CCC3)c1. The van der Waals surface area contributed by atoms with Crippen LogP contribution in [0.3, 0.4) is 0 Å². The Bertz CT molecular complexity index is 1220. The van der Waals surface area contributed by atoms with Crippen molar-refractivity contribution < 1.29 is 21.6 Å². The van der Waals surface area contributed by atoms with Gasteiger partial charge >= 0.3 is 0 Å². The van der Waals surface area contributed by atoms with Gasteiger partial charge in [-0.05, 0) is 60.7 Å². The Morgan fingerprint density at radius 1 is 0.969 bits per heavy atom. The van der Waals surface area contributed by atoms with E-state index in [0.29, 0.717) is 13.1 Å². The molecule has 0 spiro atoms. The summed E-state index contributed by atoms with van der Waals surface area (Å²) in [6, 6.07) is 9.21. The standard InChI is InChI=1S/C22H27ClN2O5S2/c1-3-25(4-2)32(29,30)19-10-11-20(23)21(15-19)24-22(26)12-13-31(27,28)18-9-8-16-6-5-7-17(16)14-18/h8-11,14-15H,3-7,12-13H2,1-2H3,(H,24,26). The van der Waals surface area contributed by atoms with Gasteiger partial charge in [-0.1, -0.05) is 31.5 Å².